The lowest BCUT2D eigenvalue weighted by atomic mass is 10.1. The largest absolute Gasteiger partial charge is 0.383 e. The zero-order valence-corrected chi connectivity index (χ0v) is 16.3. The molecule has 138 valence electrons. The van der Waals surface area contributed by atoms with E-state index in [-0.39, 0.29) is 5.91 Å². The van der Waals surface area contributed by atoms with Crippen LogP contribution in [0.1, 0.15) is 23.4 Å². The monoisotopic (exact) mass is 372 g/mol. The maximum Gasteiger partial charge on any atom is 0.253 e. The molecule has 0 saturated heterocycles. The Morgan fingerprint density at radius 1 is 1.27 bits per heavy atom. The summed E-state index contributed by atoms with van der Waals surface area (Å²) >= 11 is 1.46. The van der Waals surface area contributed by atoms with Gasteiger partial charge in [0.05, 0.1) is 30.3 Å². The maximum absolute atomic E-state index is 12.5. The van der Waals surface area contributed by atoms with Gasteiger partial charge < -0.3 is 9.30 Å². The number of carbonyl (C=O) groups excluding carboxylic acids is 1. The van der Waals surface area contributed by atoms with Crippen LogP contribution < -0.4 is 0 Å². The highest BCUT2D eigenvalue weighted by Gasteiger charge is 2.22. The van der Waals surface area contributed by atoms with Gasteiger partial charge in [-0.05, 0) is 19.4 Å². The average molecular weight is 372 g/mol. The van der Waals surface area contributed by atoms with Crippen molar-refractivity contribution in [3.05, 3.63) is 47.3 Å². The number of hydrogen-bond donors (Lipinski definition) is 0. The molecular weight excluding hydrogens is 348 g/mol. The Kier molecular flexibility index (Phi) is 6.11. The van der Waals surface area contributed by atoms with E-state index in [2.05, 4.69) is 14.7 Å². The van der Waals surface area contributed by atoms with Gasteiger partial charge in [0.2, 0.25) is 0 Å². The van der Waals surface area contributed by atoms with Crippen molar-refractivity contribution in [3.63, 3.8) is 0 Å². The lowest BCUT2D eigenvalue weighted by molar-refractivity contribution is -0.127. The molecule has 1 aliphatic rings. The molecule has 0 fully saturated rings. The Bertz CT molecular complexity index is 801. The minimum atomic E-state index is 0.0116. The normalized spacial score (nSPS) is 14.0. The van der Waals surface area contributed by atoms with Crippen LogP contribution in [0.4, 0.5) is 0 Å². The molecule has 3 rings (SSSR count). The van der Waals surface area contributed by atoms with E-state index in [1.807, 2.05) is 44.2 Å². The quantitative estimate of drug-likeness (QED) is 0.701. The second kappa shape index (κ2) is 8.51. The van der Waals surface area contributed by atoms with Crippen molar-refractivity contribution in [1.82, 2.24) is 14.6 Å². The van der Waals surface area contributed by atoms with E-state index in [1.54, 1.807) is 12.1 Å². The smallest absolute Gasteiger partial charge is 0.253 e. The van der Waals surface area contributed by atoms with Gasteiger partial charge in [-0.2, -0.15) is 5.10 Å². The van der Waals surface area contributed by atoms with E-state index < -0.39 is 0 Å². The summed E-state index contributed by atoms with van der Waals surface area (Å²) in [7, 11) is 1.69. The van der Waals surface area contributed by atoms with E-state index in [9.17, 15) is 4.79 Å². The van der Waals surface area contributed by atoms with Crippen molar-refractivity contribution >= 4 is 23.4 Å². The molecule has 0 saturated carbocycles. The summed E-state index contributed by atoms with van der Waals surface area (Å²) in [5.41, 5.74) is 4.15. The molecule has 1 amide bonds. The molecule has 2 aromatic rings. The van der Waals surface area contributed by atoms with Crippen LogP contribution in [0.15, 0.2) is 40.6 Å². The maximum atomic E-state index is 12.5. The van der Waals surface area contributed by atoms with Crippen LogP contribution in [0.2, 0.25) is 0 Å². The summed E-state index contributed by atoms with van der Waals surface area (Å²) in [4.78, 5) is 17.1. The lowest BCUT2D eigenvalue weighted by Crippen LogP contribution is -2.25. The first-order valence-electron chi connectivity index (χ1n) is 8.69. The van der Waals surface area contributed by atoms with Gasteiger partial charge in [-0.1, -0.05) is 42.1 Å². The van der Waals surface area contributed by atoms with Crippen LogP contribution in [-0.2, 0) is 16.1 Å². The molecule has 1 aromatic heterocycles. The fraction of sp³-hybridized carbons (Fsp3) is 0.421. The number of rotatable bonds is 7. The van der Waals surface area contributed by atoms with Crippen LogP contribution in [0.5, 0.6) is 0 Å². The number of imidazole rings is 1. The van der Waals surface area contributed by atoms with Crippen LogP contribution in [0.25, 0.3) is 0 Å². The van der Waals surface area contributed by atoms with Crippen molar-refractivity contribution in [1.29, 1.82) is 0 Å². The minimum Gasteiger partial charge on any atom is -0.383 e. The number of hydrogen-bond acceptors (Lipinski definition) is 5. The van der Waals surface area contributed by atoms with Crippen molar-refractivity contribution in [2.75, 3.05) is 26.0 Å². The molecule has 0 spiro atoms. The summed E-state index contributed by atoms with van der Waals surface area (Å²) in [6, 6.07) is 10.0. The third-order valence-electron chi connectivity index (χ3n) is 4.46. The first kappa shape index (κ1) is 18.7. The predicted molar refractivity (Wildman–Crippen MR) is 104 cm³/mol. The molecule has 2 heterocycles. The van der Waals surface area contributed by atoms with Gasteiger partial charge >= 0.3 is 0 Å². The van der Waals surface area contributed by atoms with E-state index in [0.29, 0.717) is 18.9 Å². The summed E-state index contributed by atoms with van der Waals surface area (Å²) in [5, 5.41) is 6.94. The van der Waals surface area contributed by atoms with Gasteiger partial charge in [-0.15, -0.1) is 0 Å². The Balaban J connectivity index is 1.63. The highest BCUT2D eigenvalue weighted by atomic mass is 32.2. The highest BCUT2D eigenvalue weighted by molar-refractivity contribution is 7.99. The Labute approximate surface area is 158 Å². The molecule has 1 aromatic carbocycles. The number of thioether (sulfide) groups is 1. The minimum absolute atomic E-state index is 0.0116. The number of methoxy groups -OCH3 is 1. The third-order valence-corrected chi connectivity index (χ3v) is 5.42. The zero-order valence-electron chi connectivity index (χ0n) is 15.4. The molecule has 26 heavy (non-hydrogen) atoms. The summed E-state index contributed by atoms with van der Waals surface area (Å²) in [5.74, 6) is 0.339. The molecule has 0 unspecified atom stereocenters. The fourth-order valence-corrected chi connectivity index (χ4v) is 3.84. The van der Waals surface area contributed by atoms with Crippen LogP contribution >= 0.6 is 11.8 Å². The van der Waals surface area contributed by atoms with Crippen LogP contribution in [-0.4, -0.2) is 52.2 Å². The number of ether oxygens (including phenoxy) is 1. The van der Waals surface area contributed by atoms with E-state index in [0.717, 1.165) is 40.8 Å². The van der Waals surface area contributed by atoms with Gasteiger partial charge in [0.15, 0.2) is 5.16 Å². The number of nitrogens with zero attached hydrogens (tertiary/aromatic N) is 4. The summed E-state index contributed by atoms with van der Waals surface area (Å²) in [6.07, 6.45) is 0.793. The Morgan fingerprint density at radius 3 is 2.77 bits per heavy atom. The molecule has 1 aliphatic heterocycles. The van der Waals surface area contributed by atoms with Crippen molar-refractivity contribution < 1.29 is 9.53 Å². The van der Waals surface area contributed by atoms with E-state index >= 15 is 0 Å². The molecule has 6 nitrogen and oxygen atoms in total. The predicted octanol–water partition coefficient (Wildman–Crippen LogP) is 2.88. The van der Waals surface area contributed by atoms with Gasteiger partial charge in [-0.25, -0.2) is 9.99 Å². The van der Waals surface area contributed by atoms with Crippen LogP contribution in [0, 0.1) is 13.8 Å². The number of aryl methyl sites for hydroxylation is 1. The number of aromatic nitrogens is 2. The molecule has 0 N–H and O–H groups in total. The van der Waals surface area contributed by atoms with Crippen molar-refractivity contribution in [2.24, 2.45) is 5.10 Å². The number of amides is 1. The van der Waals surface area contributed by atoms with Crippen molar-refractivity contribution in [2.45, 2.75) is 32.0 Å². The first-order valence-corrected chi connectivity index (χ1v) is 9.67. The summed E-state index contributed by atoms with van der Waals surface area (Å²) in [6.45, 7) is 6.02. The second-order valence-electron chi connectivity index (χ2n) is 6.18. The second-order valence-corrected chi connectivity index (χ2v) is 7.12. The van der Waals surface area contributed by atoms with E-state index in [4.69, 9.17) is 4.74 Å². The van der Waals surface area contributed by atoms with Gasteiger partial charge in [0.25, 0.3) is 5.91 Å². The Hall–Kier alpha value is -2.12. The number of hydrazone groups is 1. The summed E-state index contributed by atoms with van der Waals surface area (Å²) < 4.78 is 7.29. The highest BCUT2D eigenvalue weighted by Crippen LogP contribution is 2.22. The fourth-order valence-electron chi connectivity index (χ4n) is 2.85. The van der Waals surface area contributed by atoms with Crippen LogP contribution in [0.3, 0.4) is 0 Å². The van der Waals surface area contributed by atoms with Gasteiger partial charge in [0.1, 0.15) is 0 Å². The molecule has 7 heteroatoms. The number of carbonyl (C=O) groups is 1. The molecule has 0 radical (unpaired) electrons. The number of benzene rings is 1. The van der Waals surface area contributed by atoms with Crippen molar-refractivity contribution in [3.8, 4) is 0 Å². The SMILES string of the molecule is COCCn1c(SCC(=O)N2CCC(c3ccccc3)=N2)nc(C)c1C. The molecular formula is C19H24N4O2S. The zero-order chi connectivity index (χ0) is 18.5. The molecule has 0 atom stereocenters. The average Bonchev–Trinajstić information content (AvgIpc) is 3.25. The topological polar surface area (TPSA) is 59.7 Å². The van der Waals surface area contributed by atoms with Gasteiger partial charge in [0, 0.05) is 25.8 Å². The Morgan fingerprint density at radius 2 is 2.04 bits per heavy atom. The molecule has 0 bridgehead atoms. The standard InChI is InChI=1S/C19H24N4O2S/c1-14-15(2)22(11-12-25-3)19(20-14)26-13-18(24)23-10-9-17(21-23)16-7-5-4-6-8-16/h4-8H,9-13H2,1-3H3. The lowest BCUT2D eigenvalue weighted by Gasteiger charge is -2.12. The van der Waals surface area contributed by atoms with Gasteiger partial charge in [-0.3, -0.25) is 4.79 Å². The molecule has 0 aliphatic carbocycles. The third kappa shape index (κ3) is 4.16. The van der Waals surface area contributed by atoms with E-state index in [1.165, 1.54) is 11.8 Å². The first-order chi connectivity index (χ1) is 12.6.